The number of nitrogens with one attached hydrogen (secondary N) is 1. The topological polar surface area (TPSA) is 96.4 Å². The van der Waals surface area contributed by atoms with E-state index in [-0.39, 0.29) is 17.9 Å². The van der Waals surface area contributed by atoms with Gasteiger partial charge in [-0.05, 0) is 0 Å². The maximum absolute atomic E-state index is 11.1. The molecule has 2 N–H and O–H groups in total. The van der Waals surface area contributed by atoms with Crippen molar-refractivity contribution in [1.82, 2.24) is 4.98 Å². The van der Waals surface area contributed by atoms with E-state index in [2.05, 4.69) is 10.3 Å². The van der Waals surface area contributed by atoms with Gasteiger partial charge in [0, 0.05) is 29.8 Å². The fourth-order valence-corrected chi connectivity index (χ4v) is 2.33. The largest absolute Gasteiger partial charge is 0.478 e. The molecule has 0 saturated heterocycles. The highest BCUT2D eigenvalue weighted by molar-refractivity contribution is 7.90. The zero-order chi connectivity index (χ0) is 14.8. The minimum Gasteiger partial charge on any atom is -0.478 e. The van der Waals surface area contributed by atoms with E-state index in [4.69, 9.17) is 5.11 Å². The van der Waals surface area contributed by atoms with Crippen molar-refractivity contribution in [1.29, 1.82) is 0 Å². The zero-order valence-electron chi connectivity index (χ0n) is 10.8. The first kappa shape index (κ1) is 14.3. The summed E-state index contributed by atoms with van der Waals surface area (Å²) in [6, 6.07) is 6.96. The van der Waals surface area contributed by atoms with Crippen molar-refractivity contribution in [3.8, 4) is 0 Å². The molecule has 0 amide bonds. The molecule has 0 fully saturated rings. The van der Waals surface area contributed by atoms with E-state index < -0.39 is 15.8 Å². The number of carboxylic acids is 1. The molecular weight excluding hydrogens is 280 g/mol. The van der Waals surface area contributed by atoms with Crippen LogP contribution in [0.4, 0.5) is 5.82 Å². The Morgan fingerprint density at radius 1 is 1.30 bits per heavy atom. The first-order valence-corrected chi connectivity index (χ1v) is 7.97. The van der Waals surface area contributed by atoms with Gasteiger partial charge >= 0.3 is 5.97 Å². The third kappa shape index (κ3) is 3.24. The standard InChI is InChI=1S/C13H14N2O4S/c1-20(18,19)7-6-14-12-10-5-3-2-4-9(10)11(8-15-12)13(16)17/h2-5,8H,6-7H2,1H3,(H,14,15)(H,16,17). The van der Waals surface area contributed by atoms with Gasteiger partial charge in [0.1, 0.15) is 15.7 Å². The van der Waals surface area contributed by atoms with Gasteiger partial charge in [-0.3, -0.25) is 0 Å². The molecule has 0 atom stereocenters. The lowest BCUT2D eigenvalue weighted by molar-refractivity contribution is 0.0698. The van der Waals surface area contributed by atoms with Crippen LogP contribution < -0.4 is 5.32 Å². The second-order valence-electron chi connectivity index (χ2n) is 4.43. The van der Waals surface area contributed by atoms with Crippen LogP contribution in [0.15, 0.2) is 30.5 Å². The summed E-state index contributed by atoms with van der Waals surface area (Å²) < 4.78 is 22.2. The summed E-state index contributed by atoms with van der Waals surface area (Å²) in [4.78, 5) is 15.2. The van der Waals surface area contributed by atoms with E-state index >= 15 is 0 Å². The molecule has 0 aliphatic heterocycles. The number of aromatic nitrogens is 1. The van der Waals surface area contributed by atoms with Gasteiger partial charge in [0.2, 0.25) is 0 Å². The van der Waals surface area contributed by atoms with Gasteiger partial charge in [0.25, 0.3) is 0 Å². The maximum atomic E-state index is 11.1. The van der Waals surface area contributed by atoms with Gasteiger partial charge in [-0.25, -0.2) is 18.2 Å². The Bertz CT molecular complexity index is 756. The molecule has 1 aromatic carbocycles. The number of rotatable bonds is 5. The van der Waals surface area contributed by atoms with E-state index in [0.29, 0.717) is 16.6 Å². The second-order valence-corrected chi connectivity index (χ2v) is 6.69. The number of fused-ring (bicyclic) bond motifs is 1. The molecule has 7 heteroatoms. The third-order valence-corrected chi connectivity index (χ3v) is 3.74. The summed E-state index contributed by atoms with van der Waals surface area (Å²) in [5, 5.41) is 13.3. The fourth-order valence-electron chi connectivity index (χ4n) is 1.86. The van der Waals surface area contributed by atoms with Crippen LogP contribution in [-0.2, 0) is 9.84 Å². The minimum absolute atomic E-state index is 0.0102. The smallest absolute Gasteiger partial charge is 0.337 e. The summed E-state index contributed by atoms with van der Waals surface area (Å²) in [6.07, 6.45) is 2.43. The average Bonchev–Trinajstić information content (AvgIpc) is 2.37. The maximum Gasteiger partial charge on any atom is 0.337 e. The van der Waals surface area contributed by atoms with Crippen LogP contribution >= 0.6 is 0 Å². The Balaban J connectivity index is 2.36. The number of anilines is 1. The molecule has 0 spiro atoms. The molecule has 0 saturated carbocycles. The molecule has 20 heavy (non-hydrogen) atoms. The summed E-state index contributed by atoms with van der Waals surface area (Å²) in [7, 11) is -3.05. The van der Waals surface area contributed by atoms with E-state index in [9.17, 15) is 13.2 Å². The second kappa shape index (κ2) is 5.46. The SMILES string of the molecule is CS(=O)(=O)CCNc1ncc(C(=O)O)c2ccccc12. The van der Waals surface area contributed by atoms with Crippen molar-refractivity contribution in [2.24, 2.45) is 0 Å². The van der Waals surface area contributed by atoms with Crippen LogP contribution in [0.5, 0.6) is 0 Å². The monoisotopic (exact) mass is 294 g/mol. The van der Waals surface area contributed by atoms with E-state index in [0.717, 1.165) is 6.26 Å². The fraction of sp³-hybridized carbons (Fsp3) is 0.231. The molecule has 0 bridgehead atoms. The molecule has 2 rings (SSSR count). The molecular formula is C13H14N2O4S. The first-order chi connectivity index (χ1) is 9.38. The van der Waals surface area contributed by atoms with Gasteiger partial charge in [-0.1, -0.05) is 24.3 Å². The summed E-state index contributed by atoms with van der Waals surface area (Å²) in [6.45, 7) is 0.224. The van der Waals surface area contributed by atoms with Crippen LogP contribution in [0.25, 0.3) is 10.8 Å². The lowest BCUT2D eigenvalue weighted by Gasteiger charge is -2.10. The van der Waals surface area contributed by atoms with Crippen LogP contribution in [-0.4, -0.2) is 43.0 Å². The number of pyridine rings is 1. The normalized spacial score (nSPS) is 11.4. The van der Waals surface area contributed by atoms with Crippen molar-refractivity contribution in [2.45, 2.75) is 0 Å². The number of nitrogens with zero attached hydrogens (tertiary/aromatic N) is 1. The highest BCUT2D eigenvalue weighted by Crippen LogP contribution is 2.24. The molecule has 0 unspecified atom stereocenters. The average molecular weight is 294 g/mol. The Morgan fingerprint density at radius 2 is 1.95 bits per heavy atom. The first-order valence-electron chi connectivity index (χ1n) is 5.91. The van der Waals surface area contributed by atoms with E-state index in [1.807, 2.05) is 0 Å². The number of aromatic carboxylic acids is 1. The van der Waals surface area contributed by atoms with Crippen molar-refractivity contribution < 1.29 is 18.3 Å². The van der Waals surface area contributed by atoms with E-state index in [1.54, 1.807) is 24.3 Å². The quantitative estimate of drug-likeness (QED) is 0.865. The number of hydrogen-bond acceptors (Lipinski definition) is 5. The van der Waals surface area contributed by atoms with Gasteiger partial charge in [-0.15, -0.1) is 0 Å². The number of sulfone groups is 1. The van der Waals surface area contributed by atoms with Crippen molar-refractivity contribution >= 4 is 32.4 Å². The third-order valence-electron chi connectivity index (χ3n) is 2.79. The number of benzene rings is 1. The van der Waals surface area contributed by atoms with Crippen molar-refractivity contribution in [3.05, 3.63) is 36.0 Å². The molecule has 6 nitrogen and oxygen atoms in total. The Kier molecular flexibility index (Phi) is 3.89. The molecule has 2 aromatic rings. The Morgan fingerprint density at radius 3 is 2.55 bits per heavy atom. The number of carboxylic acid groups (broad SMARTS) is 1. The van der Waals surface area contributed by atoms with Gasteiger partial charge in [0.05, 0.1) is 11.3 Å². The van der Waals surface area contributed by atoms with Crippen LogP contribution in [0.3, 0.4) is 0 Å². The van der Waals surface area contributed by atoms with Crippen molar-refractivity contribution in [3.63, 3.8) is 0 Å². The van der Waals surface area contributed by atoms with Gasteiger partial charge < -0.3 is 10.4 Å². The lowest BCUT2D eigenvalue weighted by atomic mass is 10.1. The van der Waals surface area contributed by atoms with E-state index in [1.165, 1.54) is 6.20 Å². The molecule has 0 aliphatic rings. The number of carbonyl (C=O) groups is 1. The lowest BCUT2D eigenvalue weighted by Crippen LogP contribution is -2.15. The molecule has 0 radical (unpaired) electrons. The molecule has 1 heterocycles. The number of hydrogen-bond donors (Lipinski definition) is 2. The molecule has 106 valence electrons. The highest BCUT2D eigenvalue weighted by Gasteiger charge is 2.12. The predicted octanol–water partition coefficient (Wildman–Crippen LogP) is 1.39. The van der Waals surface area contributed by atoms with Crippen LogP contribution in [0.1, 0.15) is 10.4 Å². The van der Waals surface area contributed by atoms with Gasteiger partial charge in [-0.2, -0.15) is 0 Å². The zero-order valence-corrected chi connectivity index (χ0v) is 11.6. The Labute approximate surface area is 116 Å². The van der Waals surface area contributed by atoms with Crippen LogP contribution in [0.2, 0.25) is 0 Å². The van der Waals surface area contributed by atoms with Gasteiger partial charge in [0.15, 0.2) is 0 Å². The summed E-state index contributed by atoms with van der Waals surface area (Å²) >= 11 is 0. The summed E-state index contributed by atoms with van der Waals surface area (Å²) in [5.74, 6) is -0.574. The Hall–Kier alpha value is -2.15. The summed E-state index contributed by atoms with van der Waals surface area (Å²) in [5.41, 5.74) is 0.120. The minimum atomic E-state index is -3.05. The van der Waals surface area contributed by atoms with Crippen molar-refractivity contribution in [2.75, 3.05) is 23.9 Å². The predicted molar refractivity (Wildman–Crippen MR) is 76.9 cm³/mol. The highest BCUT2D eigenvalue weighted by atomic mass is 32.2. The molecule has 1 aromatic heterocycles. The van der Waals surface area contributed by atoms with Crippen LogP contribution in [0, 0.1) is 0 Å². The molecule has 0 aliphatic carbocycles.